The van der Waals surface area contributed by atoms with Crippen LogP contribution in [-0.2, 0) is 6.54 Å². The van der Waals surface area contributed by atoms with E-state index in [2.05, 4.69) is 27.1 Å². The van der Waals surface area contributed by atoms with Gasteiger partial charge >= 0.3 is 0 Å². The topological polar surface area (TPSA) is 29.3 Å². The maximum atomic E-state index is 13.1. The molecule has 0 radical (unpaired) electrons. The molecule has 0 atom stereocenters. The fourth-order valence-electron chi connectivity index (χ4n) is 2.51. The molecule has 0 amide bonds. The van der Waals surface area contributed by atoms with Crippen LogP contribution in [0.3, 0.4) is 0 Å². The first-order chi connectivity index (χ1) is 9.47. The van der Waals surface area contributed by atoms with Crippen molar-refractivity contribution in [2.75, 3.05) is 19.3 Å². The molecule has 0 spiro atoms. The Morgan fingerprint density at radius 2 is 2.15 bits per heavy atom. The smallest absolute Gasteiger partial charge is 0.124 e. The van der Waals surface area contributed by atoms with Gasteiger partial charge in [-0.05, 0) is 36.8 Å². The summed E-state index contributed by atoms with van der Waals surface area (Å²) in [6, 6.07) is 4.86. The minimum atomic E-state index is -0.214. The number of benzene rings is 1. The van der Waals surface area contributed by atoms with Gasteiger partial charge in [0.15, 0.2) is 0 Å². The van der Waals surface area contributed by atoms with Crippen LogP contribution in [-0.4, -0.2) is 34.0 Å². The first-order valence-corrected chi connectivity index (χ1v) is 8.91. The van der Waals surface area contributed by atoms with Crippen LogP contribution in [0.2, 0.25) is 0 Å². The minimum absolute atomic E-state index is 0.0497. The lowest BCUT2D eigenvalue weighted by molar-refractivity contribution is 0.212. The summed E-state index contributed by atoms with van der Waals surface area (Å²) in [5.41, 5.74) is 7.00. The van der Waals surface area contributed by atoms with E-state index in [1.54, 1.807) is 11.8 Å². The normalized spacial score (nSPS) is 18.9. The Hall–Kier alpha value is -0.170. The zero-order chi connectivity index (χ0) is 14.8. The number of halogens is 2. The molecule has 1 fully saturated rings. The molecule has 2 nitrogen and oxygen atoms in total. The summed E-state index contributed by atoms with van der Waals surface area (Å²) < 4.78 is 13.9. The number of nitrogens with zero attached hydrogens (tertiary/aromatic N) is 1. The molecule has 1 aromatic rings. The number of piperidine rings is 1. The lowest BCUT2D eigenvalue weighted by Crippen LogP contribution is -2.48. The van der Waals surface area contributed by atoms with E-state index in [0.717, 1.165) is 42.5 Å². The van der Waals surface area contributed by atoms with E-state index in [1.165, 1.54) is 12.1 Å². The summed E-state index contributed by atoms with van der Waals surface area (Å²) in [5.74, 6) is -0.214. The van der Waals surface area contributed by atoms with Crippen molar-refractivity contribution in [2.24, 2.45) is 5.73 Å². The summed E-state index contributed by atoms with van der Waals surface area (Å²) >= 11 is 10.4. The number of thioether (sulfide) groups is 1. The van der Waals surface area contributed by atoms with Gasteiger partial charge in [-0.1, -0.05) is 34.2 Å². The van der Waals surface area contributed by atoms with Gasteiger partial charge in [0, 0.05) is 24.1 Å². The third kappa shape index (κ3) is 3.53. The zero-order valence-corrected chi connectivity index (χ0v) is 14.6. The van der Waals surface area contributed by atoms with Crippen LogP contribution in [0.25, 0.3) is 0 Å². The number of hydrogen-bond donors (Lipinski definition) is 1. The van der Waals surface area contributed by atoms with Crippen LogP contribution >= 0.6 is 39.9 Å². The number of thiocarbonyl (C=S) groups is 1. The van der Waals surface area contributed by atoms with Crippen molar-refractivity contribution in [2.45, 2.75) is 24.1 Å². The van der Waals surface area contributed by atoms with Gasteiger partial charge < -0.3 is 5.73 Å². The van der Waals surface area contributed by atoms with E-state index in [1.807, 2.05) is 6.07 Å². The molecule has 20 heavy (non-hydrogen) atoms. The Bertz CT molecular complexity index is 502. The molecule has 6 heteroatoms. The van der Waals surface area contributed by atoms with Gasteiger partial charge in [-0.25, -0.2) is 4.39 Å². The number of rotatable bonds is 4. The maximum Gasteiger partial charge on any atom is 0.124 e. The third-order valence-electron chi connectivity index (χ3n) is 3.91. The van der Waals surface area contributed by atoms with E-state index < -0.39 is 0 Å². The number of hydrogen-bond acceptors (Lipinski definition) is 3. The van der Waals surface area contributed by atoms with E-state index in [0.29, 0.717) is 4.99 Å². The second-order valence-corrected chi connectivity index (χ2v) is 7.56. The molecule has 0 aromatic heterocycles. The molecule has 1 aliphatic rings. The Kier molecular flexibility index (Phi) is 5.45. The molecule has 0 unspecified atom stereocenters. The van der Waals surface area contributed by atoms with Crippen molar-refractivity contribution in [3.8, 4) is 0 Å². The number of likely N-dealkylation sites (tertiary alicyclic amines) is 1. The van der Waals surface area contributed by atoms with Crippen molar-refractivity contribution >= 4 is 44.9 Å². The fraction of sp³-hybridized carbons (Fsp3) is 0.500. The molecule has 0 saturated carbocycles. The first kappa shape index (κ1) is 16.2. The van der Waals surface area contributed by atoms with Crippen molar-refractivity contribution in [1.82, 2.24) is 4.90 Å². The Labute approximate surface area is 137 Å². The summed E-state index contributed by atoms with van der Waals surface area (Å²) in [5, 5.41) is 0. The predicted octanol–water partition coefficient (Wildman–Crippen LogP) is 3.57. The average Bonchev–Trinajstić information content (AvgIpc) is 2.42. The van der Waals surface area contributed by atoms with Crippen LogP contribution in [0.5, 0.6) is 0 Å². The van der Waals surface area contributed by atoms with Crippen molar-refractivity contribution in [1.29, 1.82) is 0 Å². The van der Waals surface area contributed by atoms with Gasteiger partial charge in [-0.15, -0.1) is 0 Å². The Balaban J connectivity index is 1.99. The van der Waals surface area contributed by atoms with Crippen LogP contribution in [0.15, 0.2) is 22.7 Å². The second kappa shape index (κ2) is 6.73. The van der Waals surface area contributed by atoms with E-state index in [9.17, 15) is 4.39 Å². The Morgan fingerprint density at radius 1 is 1.50 bits per heavy atom. The summed E-state index contributed by atoms with van der Waals surface area (Å²) in [6.45, 7) is 2.74. The highest BCUT2D eigenvalue weighted by molar-refractivity contribution is 9.10. The monoisotopic (exact) mass is 376 g/mol. The lowest BCUT2D eigenvalue weighted by Gasteiger charge is -2.40. The molecule has 0 bridgehead atoms. The van der Waals surface area contributed by atoms with Crippen LogP contribution in [0.1, 0.15) is 18.4 Å². The summed E-state index contributed by atoms with van der Waals surface area (Å²) in [4.78, 5) is 2.98. The molecule has 1 aromatic carbocycles. The van der Waals surface area contributed by atoms with E-state index in [-0.39, 0.29) is 10.6 Å². The molecular formula is C14H18BrFN2S2. The highest BCUT2D eigenvalue weighted by atomic mass is 79.9. The first-order valence-electron chi connectivity index (χ1n) is 6.48. The average molecular weight is 377 g/mol. The van der Waals surface area contributed by atoms with E-state index >= 15 is 0 Å². The SMILES string of the molecule is CSC1(C(N)=S)CCN(Cc2ccc(F)cc2Br)CC1. The van der Waals surface area contributed by atoms with Gasteiger partial charge in [0.1, 0.15) is 5.82 Å². The predicted molar refractivity (Wildman–Crippen MR) is 91.6 cm³/mol. The molecule has 110 valence electrons. The largest absolute Gasteiger partial charge is 0.392 e. The molecular weight excluding hydrogens is 359 g/mol. The van der Waals surface area contributed by atoms with Crippen LogP contribution in [0, 0.1) is 5.82 Å². The number of nitrogens with two attached hydrogens (primary N) is 1. The van der Waals surface area contributed by atoms with Crippen LogP contribution in [0.4, 0.5) is 4.39 Å². The van der Waals surface area contributed by atoms with Crippen molar-refractivity contribution < 1.29 is 4.39 Å². The van der Waals surface area contributed by atoms with Gasteiger partial charge in [0.05, 0.1) is 9.74 Å². The van der Waals surface area contributed by atoms with Gasteiger partial charge in [0.25, 0.3) is 0 Å². The molecule has 2 rings (SSSR count). The van der Waals surface area contributed by atoms with Crippen molar-refractivity contribution in [3.63, 3.8) is 0 Å². The molecule has 2 N–H and O–H groups in total. The van der Waals surface area contributed by atoms with E-state index in [4.69, 9.17) is 18.0 Å². The molecule has 1 saturated heterocycles. The standard InChI is InChI=1S/C14H18BrFN2S2/c1-20-14(13(17)19)4-6-18(7-5-14)9-10-2-3-11(16)8-12(10)15/h2-3,8H,4-7,9H2,1H3,(H2,17,19). The van der Waals surface area contributed by atoms with Gasteiger partial charge in [0.2, 0.25) is 0 Å². The summed E-state index contributed by atoms with van der Waals surface area (Å²) in [6.07, 6.45) is 4.02. The minimum Gasteiger partial charge on any atom is -0.392 e. The van der Waals surface area contributed by atoms with Gasteiger partial charge in [-0.2, -0.15) is 11.8 Å². The fourth-order valence-corrected chi connectivity index (χ4v) is 4.24. The molecule has 1 aliphatic heterocycles. The van der Waals surface area contributed by atoms with Crippen molar-refractivity contribution in [3.05, 3.63) is 34.1 Å². The quantitative estimate of drug-likeness (QED) is 0.813. The van der Waals surface area contributed by atoms with Gasteiger partial charge in [-0.3, -0.25) is 4.90 Å². The highest BCUT2D eigenvalue weighted by Gasteiger charge is 2.36. The van der Waals surface area contributed by atoms with Crippen LogP contribution < -0.4 is 5.73 Å². The Morgan fingerprint density at radius 3 is 2.65 bits per heavy atom. The second-order valence-electron chi connectivity index (χ2n) is 5.07. The molecule has 0 aliphatic carbocycles. The zero-order valence-electron chi connectivity index (χ0n) is 11.4. The lowest BCUT2D eigenvalue weighted by atomic mass is 9.95. The molecule has 1 heterocycles. The third-order valence-corrected chi connectivity index (χ3v) is 6.58. The highest BCUT2D eigenvalue weighted by Crippen LogP contribution is 2.35. The summed E-state index contributed by atoms with van der Waals surface area (Å²) in [7, 11) is 0. The maximum absolute atomic E-state index is 13.1.